The summed E-state index contributed by atoms with van der Waals surface area (Å²) in [6, 6.07) is 7.67. The number of ether oxygens (including phenoxy) is 4. The number of allylic oxidation sites excluding steroid dienone is 2. The van der Waals surface area contributed by atoms with E-state index >= 15 is 0 Å². The Bertz CT molecular complexity index is 1460. The molecule has 2 aromatic carbocycles. The minimum absolute atomic E-state index is 0.0157. The number of methoxy groups -OCH3 is 3. The normalized spacial score (nSPS) is 24.1. The topological polar surface area (TPSA) is 120 Å². The van der Waals surface area contributed by atoms with Crippen LogP contribution in [0.5, 0.6) is 23.0 Å². The van der Waals surface area contributed by atoms with Crippen molar-refractivity contribution in [2.75, 3.05) is 21.3 Å². The molecule has 1 spiro atoms. The van der Waals surface area contributed by atoms with Crippen LogP contribution in [0, 0.1) is 5.92 Å². The molecule has 2 aromatic rings. The molecule has 38 heavy (non-hydrogen) atoms. The highest BCUT2D eigenvalue weighted by Crippen LogP contribution is 2.56. The van der Waals surface area contributed by atoms with Crippen molar-refractivity contribution in [3.05, 3.63) is 69.0 Å². The van der Waals surface area contributed by atoms with Crippen LogP contribution in [0.3, 0.4) is 0 Å². The second kappa shape index (κ2) is 9.09. The molecule has 2 aliphatic heterocycles. The highest BCUT2D eigenvalue weighted by molar-refractivity contribution is 6.36. The molecule has 5 rings (SSSR count). The lowest BCUT2D eigenvalue weighted by molar-refractivity contribution is -0.136. The van der Waals surface area contributed by atoms with E-state index in [0.29, 0.717) is 17.0 Å². The van der Waals surface area contributed by atoms with Crippen molar-refractivity contribution in [3.63, 3.8) is 0 Å². The maximum absolute atomic E-state index is 14.6. The summed E-state index contributed by atoms with van der Waals surface area (Å²) < 4.78 is 22.1. The van der Waals surface area contributed by atoms with Gasteiger partial charge in [-0.2, -0.15) is 0 Å². The van der Waals surface area contributed by atoms with Gasteiger partial charge in [0.2, 0.25) is 17.2 Å². The average molecular weight is 540 g/mol. The lowest BCUT2D eigenvalue weighted by atomic mass is 9.65. The Morgan fingerprint density at radius 2 is 1.76 bits per heavy atom. The highest BCUT2D eigenvalue weighted by Gasteiger charge is 2.63. The van der Waals surface area contributed by atoms with Crippen LogP contribution in [0.15, 0.2) is 52.9 Å². The summed E-state index contributed by atoms with van der Waals surface area (Å²) in [5.41, 5.74) is 0.231. The Morgan fingerprint density at radius 1 is 1.11 bits per heavy atom. The highest BCUT2D eigenvalue weighted by atomic mass is 35.5. The third kappa shape index (κ3) is 3.41. The van der Waals surface area contributed by atoms with Crippen molar-refractivity contribution < 1.29 is 38.4 Å². The van der Waals surface area contributed by atoms with Crippen molar-refractivity contribution in [1.82, 2.24) is 5.32 Å². The molecule has 0 aromatic heterocycles. The third-order valence-electron chi connectivity index (χ3n) is 7.48. The molecule has 9 nitrogen and oxygen atoms in total. The maximum Gasteiger partial charge on any atom is 0.336 e. The molecule has 10 heteroatoms. The third-order valence-corrected chi connectivity index (χ3v) is 7.84. The van der Waals surface area contributed by atoms with Crippen LogP contribution < -0.4 is 19.5 Å². The van der Waals surface area contributed by atoms with Crippen LogP contribution in [0.25, 0.3) is 0 Å². The van der Waals surface area contributed by atoms with E-state index in [1.54, 1.807) is 26.0 Å². The fourth-order valence-electron chi connectivity index (χ4n) is 5.66. The number of rotatable bonds is 4. The molecule has 1 aliphatic carbocycles. The van der Waals surface area contributed by atoms with Crippen molar-refractivity contribution in [3.8, 4) is 23.0 Å². The van der Waals surface area contributed by atoms with E-state index in [1.165, 1.54) is 39.5 Å². The SMILES string of the molecule is COC(=O)C1=C(C)NC2=C(C(=O)[C@@]3(Oc4c(Cl)c(OC)cc(OC)c4C3=O)[C@H](C)C2)C1c1ccc(O)cc1. The molecule has 1 unspecified atom stereocenters. The predicted octanol–water partition coefficient (Wildman–Crippen LogP) is 4.07. The Kier molecular flexibility index (Phi) is 6.14. The summed E-state index contributed by atoms with van der Waals surface area (Å²) in [7, 11) is 4.08. The fraction of sp³-hybridized carbons (Fsp3) is 0.321. The van der Waals surface area contributed by atoms with Gasteiger partial charge in [-0.25, -0.2) is 4.79 Å². The van der Waals surface area contributed by atoms with Crippen LogP contribution in [0.2, 0.25) is 5.02 Å². The molecular weight excluding hydrogens is 514 g/mol. The van der Waals surface area contributed by atoms with Gasteiger partial charge in [0.1, 0.15) is 27.8 Å². The molecule has 0 radical (unpaired) electrons. The van der Waals surface area contributed by atoms with E-state index in [2.05, 4.69) is 5.32 Å². The fourth-order valence-corrected chi connectivity index (χ4v) is 5.92. The summed E-state index contributed by atoms with van der Waals surface area (Å²) in [6.45, 7) is 3.49. The molecule has 3 atom stereocenters. The van der Waals surface area contributed by atoms with E-state index < -0.39 is 35.0 Å². The summed E-state index contributed by atoms with van der Waals surface area (Å²) in [6.07, 6.45) is 0.276. The van der Waals surface area contributed by atoms with Gasteiger partial charge in [0.15, 0.2) is 5.75 Å². The number of hydrogen-bond donors (Lipinski definition) is 2. The standard InChI is InChI=1S/C28H26ClNO8/c1-12-10-16-21(20(14-6-8-15(31)9-7-14)19(13(2)30-16)27(34)37-5)25(32)28(12)26(33)22-17(35-3)11-18(36-4)23(29)24(22)38-28/h6-9,11-12,20,30-31H,10H2,1-5H3/t12-,20?,28+/m1/s1. The quantitative estimate of drug-likeness (QED) is 0.437. The lowest BCUT2D eigenvalue weighted by Gasteiger charge is -2.42. The molecule has 2 N–H and O–H groups in total. The van der Waals surface area contributed by atoms with Gasteiger partial charge in [-0.15, -0.1) is 0 Å². The summed E-state index contributed by atoms with van der Waals surface area (Å²) in [5.74, 6) is -2.82. The van der Waals surface area contributed by atoms with Crippen LogP contribution in [-0.2, 0) is 14.3 Å². The number of aromatic hydroxyl groups is 1. The van der Waals surface area contributed by atoms with E-state index in [9.17, 15) is 19.5 Å². The van der Waals surface area contributed by atoms with Gasteiger partial charge in [0.25, 0.3) is 0 Å². The van der Waals surface area contributed by atoms with E-state index in [-0.39, 0.29) is 51.2 Å². The minimum Gasteiger partial charge on any atom is -0.508 e. The zero-order valence-corrected chi connectivity index (χ0v) is 22.2. The van der Waals surface area contributed by atoms with Crippen molar-refractivity contribution >= 4 is 29.1 Å². The first-order valence-electron chi connectivity index (χ1n) is 11.9. The number of carbonyl (C=O) groups is 3. The number of halogens is 1. The zero-order valence-electron chi connectivity index (χ0n) is 21.4. The molecule has 0 saturated heterocycles. The van der Waals surface area contributed by atoms with Crippen LogP contribution in [0.4, 0.5) is 0 Å². The first-order chi connectivity index (χ1) is 18.1. The van der Waals surface area contributed by atoms with Crippen molar-refractivity contribution in [2.45, 2.75) is 31.8 Å². The van der Waals surface area contributed by atoms with E-state index in [1.807, 2.05) is 0 Å². The summed E-state index contributed by atoms with van der Waals surface area (Å²) in [5, 5.41) is 13.1. The Hall–Kier alpha value is -3.98. The molecular formula is C28H26ClNO8. The molecule has 0 amide bonds. The molecule has 2 heterocycles. The number of dihydropyridines is 1. The van der Waals surface area contributed by atoms with Gasteiger partial charge in [0, 0.05) is 34.9 Å². The molecule has 0 saturated carbocycles. The number of phenols is 1. The Balaban J connectivity index is 1.71. The maximum atomic E-state index is 14.6. The number of carbonyl (C=O) groups excluding carboxylic acids is 3. The number of phenolic OH excluding ortho intramolecular Hbond substituents is 1. The lowest BCUT2D eigenvalue weighted by Crippen LogP contribution is -2.58. The number of ketones is 2. The molecule has 0 bridgehead atoms. The largest absolute Gasteiger partial charge is 0.508 e. The Labute approximate surface area is 224 Å². The van der Waals surface area contributed by atoms with Crippen LogP contribution in [-0.4, -0.2) is 49.6 Å². The minimum atomic E-state index is -1.94. The summed E-state index contributed by atoms with van der Waals surface area (Å²) >= 11 is 6.54. The van der Waals surface area contributed by atoms with Gasteiger partial charge in [-0.1, -0.05) is 30.7 Å². The second-order valence-corrected chi connectivity index (χ2v) is 9.85. The molecule has 198 valence electrons. The summed E-state index contributed by atoms with van der Waals surface area (Å²) in [4.78, 5) is 41.7. The van der Waals surface area contributed by atoms with E-state index in [0.717, 1.165) is 0 Å². The first-order valence-corrected chi connectivity index (χ1v) is 12.3. The number of fused-ring (bicyclic) bond motifs is 1. The van der Waals surface area contributed by atoms with Gasteiger partial charge < -0.3 is 29.4 Å². The smallest absolute Gasteiger partial charge is 0.336 e. The van der Waals surface area contributed by atoms with Gasteiger partial charge in [-0.05, 0) is 31.0 Å². The number of benzene rings is 2. The number of Topliss-reactive ketones (excluding diaryl/α,β-unsaturated/α-hetero) is 2. The van der Waals surface area contributed by atoms with Gasteiger partial charge in [0.05, 0.1) is 26.9 Å². The average Bonchev–Trinajstić information content (AvgIpc) is 3.22. The van der Waals surface area contributed by atoms with Crippen LogP contribution in [0.1, 0.15) is 42.1 Å². The monoisotopic (exact) mass is 539 g/mol. The van der Waals surface area contributed by atoms with E-state index in [4.69, 9.17) is 30.5 Å². The zero-order chi connectivity index (χ0) is 27.5. The molecule has 0 fully saturated rings. The van der Waals surface area contributed by atoms with Crippen LogP contribution >= 0.6 is 11.6 Å². The molecule has 3 aliphatic rings. The second-order valence-electron chi connectivity index (χ2n) is 9.47. The first kappa shape index (κ1) is 25.7. The van der Waals surface area contributed by atoms with Gasteiger partial charge in [-0.3, -0.25) is 9.59 Å². The van der Waals surface area contributed by atoms with Gasteiger partial charge >= 0.3 is 5.97 Å². The Morgan fingerprint density at radius 3 is 2.37 bits per heavy atom. The number of nitrogens with one attached hydrogen (secondary N) is 1. The van der Waals surface area contributed by atoms with Crippen molar-refractivity contribution in [2.24, 2.45) is 5.92 Å². The predicted molar refractivity (Wildman–Crippen MR) is 137 cm³/mol. The van der Waals surface area contributed by atoms with Crippen molar-refractivity contribution in [1.29, 1.82) is 0 Å². The number of hydrogen-bond acceptors (Lipinski definition) is 9. The number of esters is 1.